The fourth-order valence-corrected chi connectivity index (χ4v) is 10.1. The zero-order valence-corrected chi connectivity index (χ0v) is 85.5. The molecule has 0 atom stereocenters. The number of rotatable bonds is 9. The summed E-state index contributed by atoms with van der Waals surface area (Å²) in [5, 5.41) is 36.5. The molecule has 0 spiro atoms. The number of nitrogens with zero attached hydrogens (tertiary/aromatic N) is 4. The van der Waals surface area contributed by atoms with Crippen molar-refractivity contribution in [1.29, 1.82) is 0 Å². The van der Waals surface area contributed by atoms with Crippen LogP contribution in [0.5, 0.6) is 17.2 Å². The summed E-state index contributed by atoms with van der Waals surface area (Å²) < 4.78 is 33.4. The van der Waals surface area contributed by atoms with Crippen LogP contribution in [0.3, 0.4) is 0 Å². The van der Waals surface area contributed by atoms with Crippen molar-refractivity contribution in [3.05, 3.63) is 280 Å². The number of methoxy groups -OCH3 is 2. The van der Waals surface area contributed by atoms with Crippen molar-refractivity contribution in [2.45, 2.75) is 138 Å². The van der Waals surface area contributed by atoms with E-state index < -0.39 is 7.12 Å². The molecule has 11 aromatic rings. The van der Waals surface area contributed by atoms with Crippen LogP contribution in [0.4, 0.5) is 0 Å². The Kier molecular flexibility index (Phi) is 69.8. The SMILES string of the molecule is BrB(Br)Br.C.C#COCl.CB(O)O.CC/C(=N\O)c1ccc(Br)cc1.CCC(=O)c1ccc(Br)cc1.COc1c(C)cccc1C.COc1c(C)cccc1C.Cc1ccc(-c2nc(C)oc2C)cc1.Cc1ccc(-c2nc(C)oc2C)cc1.Cc1cccc(C)c1O.Cc1nc(-c2ccc(Br)cc2)c(C)o1.ClCCl.[Ac].[Na+].[OH-]. The number of carbonyl (C=O) groups is 1. The number of aryl methyl sites for hydroxylation is 14. The number of carbonyl (C=O) groups excluding carboxylic acids is 1. The van der Waals surface area contributed by atoms with Crippen molar-refractivity contribution < 1.29 is 131 Å². The van der Waals surface area contributed by atoms with Crippen LogP contribution in [0.15, 0.2) is 208 Å². The summed E-state index contributed by atoms with van der Waals surface area (Å²) in [6.45, 7) is 32.6. The van der Waals surface area contributed by atoms with Gasteiger partial charge >= 0.3 is 39.9 Å². The molecule has 8 aromatic carbocycles. The molecule has 603 valence electrons. The van der Waals surface area contributed by atoms with Crippen LogP contribution in [0, 0.1) is 154 Å². The molecular weight excluding hydrogens is 2110 g/mol. The van der Waals surface area contributed by atoms with Gasteiger partial charge in [0.1, 0.15) is 69.6 Å². The first-order chi connectivity index (χ1) is 51.5. The zero-order chi connectivity index (χ0) is 82.9. The number of ether oxygens (including phenoxy) is 2. The van der Waals surface area contributed by atoms with E-state index in [4.69, 9.17) is 61.2 Å². The van der Waals surface area contributed by atoms with E-state index in [1.54, 1.807) is 20.3 Å². The summed E-state index contributed by atoms with van der Waals surface area (Å²) in [6.07, 6.45) is 7.42. The van der Waals surface area contributed by atoms with Crippen LogP contribution in [0.2, 0.25) is 6.82 Å². The van der Waals surface area contributed by atoms with Crippen molar-refractivity contribution in [3.63, 3.8) is 0 Å². The Hall–Kier alpha value is -4.51. The number of ketones is 1. The average Bonchev–Trinajstić information content (AvgIpc) is 1.71. The summed E-state index contributed by atoms with van der Waals surface area (Å²) in [5.74, 6) is 7.39. The molecule has 0 amide bonds. The fourth-order valence-electron chi connectivity index (χ4n) is 9.28. The van der Waals surface area contributed by atoms with E-state index in [2.05, 4.69) is 200 Å². The van der Waals surface area contributed by atoms with Gasteiger partial charge in [0, 0.05) is 107 Å². The van der Waals surface area contributed by atoms with Gasteiger partial charge < -0.3 is 52.9 Å². The van der Waals surface area contributed by atoms with E-state index in [0.717, 1.165) is 116 Å². The number of hydrogen-bond acceptors (Lipinski definition) is 16. The Morgan fingerprint density at radius 3 is 0.938 bits per heavy atom. The predicted octanol–water partition coefficient (Wildman–Crippen LogP) is 23.8. The molecular formula is C84H102AcB2Br6Cl3N4NaO12. The van der Waals surface area contributed by atoms with Gasteiger partial charge in [-0.1, -0.05) is 231 Å². The van der Waals surface area contributed by atoms with E-state index in [1.165, 1.54) is 40.2 Å². The number of phenols is 1. The number of para-hydroxylation sites is 3. The third-order valence-corrected chi connectivity index (χ3v) is 16.0. The van der Waals surface area contributed by atoms with Gasteiger partial charge in [-0.3, -0.25) is 4.79 Å². The molecule has 0 saturated heterocycles. The van der Waals surface area contributed by atoms with E-state index in [-0.39, 0.29) is 101 Å². The number of oxime groups is 1. The molecule has 11 rings (SSSR count). The quantitative estimate of drug-likeness (QED) is 0.0200. The van der Waals surface area contributed by atoms with Crippen LogP contribution in [-0.4, -0.2) is 82.1 Å². The molecule has 5 N–H and O–H groups in total. The van der Waals surface area contributed by atoms with Crippen molar-refractivity contribution in [3.8, 4) is 63.6 Å². The summed E-state index contributed by atoms with van der Waals surface area (Å²) >= 11 is 33.3. The number of terminal acetylenes is 1. The first-order valence-electron chi connectivity index (χ1n) is 33.6. The molecule has 0 saturated carbocycles. The second-order valence-corrected chi connectivity index (χ2v) is 33.3. The molecule has 0 unspecified atom stereocenters. The maximum atomic E-state index is 11.1. The third kappa shape index (κ3) is 50.1. The Morgan fingerprint density at radius 1 is 0.504 bits per heavy atom. The summed E-state index contributed by atoms with van der Waals surface area (Å²) in [5.41, 5.74) is 17.8. The van der Waals surface area contributed by atoms with Crippen molar-refractivity contribution in [2.24, 2.45) is 5.16 Å². The normalized spacial score (nSPS) is 9.30. The number of halogens is 9. The van der Waals surface area contributed by atoms with Crippen molar-refractivity contribution in [2.75, 3.05) is 19.6 Å². The largest absolute Gasteiger partial charge is 1.00 e. The van der Waals surface area contributed by atoms with E-state index in [1.807, 2.05) is 224 Å². The number of phenolic OH excluding ortho intramolecular Hbond substituents is 1. The topological polar surface area (TPSA) is 246 Å². The first-order valence-corrected chi connectivity index (χ1v) is 40.1. The molecule has 113 heavy (non-hydrogen) atoms. The van der Waals surface area contributed by atoms with Crippen LogP contribution < -0.4 is 39.0 Å². The van der Waals surface area contributed by atoms with E-state index >= 15 is 0 Å². The molecule has 0 bridgehead atoms. The summed E-state index contributed by atoms with van der Waals surface area (Å²) in [6, 6.07) is 57.7. The average molecular weight is 2220 g/mol. The molecule has 0 fully saturated rings. The molecule has 3 heterocycles. The molecule has 29 heteroatoms. The second kappa shape index (κ2) is 67.4. The van der Waals surface area contributed by atoms with Gasteiger partial charge in [0.15, 0.2) is 23.5 Å². The zero-order valence-electron chi connectivity index (χ0n) is 67.0. The minimum Gasteiger partial charge on any atom is -0.870 e. The number of hydrogen-bond donors (Lipinski definition) is 4. The third-order valence-electron chi connectivity index (χ3n) is 14.3. The monoisotopic (exact) mass is 2210 g/mol. The smallest absolute Gasteiger partial charge is 0.870 e. The predicted molar refractivity (Wildman–Crippen MR) is 485 cm³/mol. The minimum absolute atomic E-state index is 0. The Bertz CT molecular complexity index is 4120. The minimum atomic E-state index is -1.17. The maximum absolute atomic E-state index is 11.1. The van der Waals surface area contributed by atoms with Crippen molar-refractivity contribution >= 4 is 152 Å². The van der Waals surface area contributed by atoms with Crippen LogP contribution >= 0.6 is 130 Å². The number of Topliss-reactive ketones (excluding diaryl/α,β-unsaturated/α-hetero) is 1. The van der Waals surface area contributed by atoms with E-state index in [9.17, 15) is 9.90 Å². The molecule has 16 nitrogen and oxygen atoms in total. The van der Waals surface area contributed by atoms with Gasteiger partial charge in [0.05, 0.1) is 25.3 Å². The number of alkyl halides is 2. The van der Waals surface area contributed by atoms with Gasteiger partial charge in [-0.25, -0.2) is 15.0 Å². The molecule has 3 aromatic heterocycles. The number of benzene rings is 8. The van der Waals surface area contributed by atoms with Gasteiger partial charge in [-0.15, -0.1) is 70.5 Å². The van der Waals surface area contributed by atoms with Crippen LogP contribution in [0.25, 0.3) is 33.8 Å². The number of aromatic hydroxyl groups is 1. The van der Waals surface area contributed by atoms with Gasteiger partial charge in [-0.05, 0) is 165 Å². The summed E-state index contributed by atoms with van der Waals surface area (Å²) in [7, 11) is 2.24. The maximum Gasteiger partial charge on any atom is 1.00 e. The molecule has 0 aliphatic rings. The Morgan fingerprint density at radius 2 is 0.743 bits per heavy atom. The fraction of sp³-hybridized carbons (Fsp3) is 0.274. The Balaban J connectivity index is -0.000000383. The number of oxazole rings is 3. The van der Waals surface area contributed by atoms with Crippen LogP contribution in [0.1, 0.15) is 129 Å². The number of aromatic nitrogens is 3. The molecule has 1 radical (unpaired) electrons. The molecule has 0 aliphatic carbocycles. The summed E-state index contributed by atoms with van der Waals surface area (Å²) in [4.78, 5) is 24.1. The Labute approximate surface area is 794 Å². The van der Waals surface area contributed by atoms with E-state index in [0.29, 0.717) is 23.8 Å². The molecule has 0 aliphatic heterocycles. The van der Waals surface area contributed by atoms with Crippen LogP contribution in [-0.2, 0) is 4.29 Å². The standard InChI is InChI=1S/2C12H13NO.C11H10BrNO.C9H10BrNO.C9H9BrO.2C9H12O.C8H10O.C2HClO.CH5BO2.CH2Cl2.CH4.Ac.BBr3.Na.H2O/c2*1-8-4-6-11(7-5-8)12-9(2)14-10(3)13-12;1-7-11(13-8(2)14-7)9-3-5-10(12)6-4-9;1-2-9(11-12)7-3-5-8(10)6-4-7;1-2-9(11)7-3-5-8(10)6-4-7;2*1-7-5-4-6-8(2)9(7)10-3;1-6-4-3-5-7(2)8(6)9;1-2-4-3;1-2(3)4;2-1-3;;;2-1(3)4;;/h2*4-7H,1-3H3;3-6H,1-2H3;3-6,12H,2H2,1H3;3-6H,2H2,1H3;2*4-6H,1-3H3;3-5,9H,1-2H3;1H;3-4H,1H3;1H2;1H4;;;;1H2/q;;;;;;;;;;;;;;+1;/p-1/b;;;11-9+;;;;;;;;;;;;. The van der Waals surface area contributed by atoms with Gasteiger partial charge in [-0.2, -0.15) is 0 Å². The van der Waals surface area contributed by atoms with Crippen molar-refractivity contribution in [1.82, 2.24) is 15.0 Å². The first kappa shape index (κ1) is 117. The second-order valence-electron chi connectivity index (χ2n) is 23.1. The van der Waals surface area contributed by atoms with Gasteiger partial charge in [0.25, 0.3) is 0 Å². The van der Waals surface area contributed by atoms with Gasteiger partial charge in [0.2, 0.25) is 0 Å².